The minimum Gasteiger partial charge on any atom is -0.300 e. The van der Waals surface area contributed by atoms with Crippen molar-refractivity contribution in [2.24, 2.45) is 0 Å². The molecule has 0 aromatic heterocycles. The van der Waals surface area contributed by atoms with Gasteiger partial charge in [-0.25, -0.2) is 0 Å². The number of carbonyl (C=O) groups is 1. The predicted octanol–water partition coefficient (Wildman–Crippen LogP) is 1.66. The summed E-state index contributed by atoms with van der Waals surface area (Å²) in [5.74, 6) is 1.08. The molecular formula is C9H16O2S. The second-order valence-electron chi connectivity index (χ2n) is 3.34. The molecule has 1 aliphatic carbocycles. The highest BCUT2D eigenvalue weighted by atomic mass is 32.2. The maximum atomic E-state index is 11.5. The smallest absolute Gasteiger partial charge is 0.134 e. The van der Waals surface area contributed by atoms with Crippen LogP contribution in [-0.2, 0) is 15.6 Å². The Morgan fingerprint density at radius 3 is 2.83 bits per heavy atom. The molecule has 0 N–H and O–H groups in total. The maximum absolute atomic E-state index is 11.5. The summed E-state index contributed by atoms with van der Waals surface area (Å²) in [5, 5.41) is 0.184. The minimum absolute atomic E-state index is 0.184. The Balaban J connectivity index is 2.28. The third-order valence-corrected chi connectivity index (χ3v) is 4.11. The van der Waals surface area contributed by atoms with Crippen LogP contribution in [0.3, 0.4) is 0 Å². The third kappa shape index (κ3) is 2.70. The van der Waals surface area contributed by atoms with Gasteiger partial charge in [-0.05, 0) is 12.8 Å². The summed E-state index contributed by atoms with van der Waals surface area (Å²) < 4.78 is 11.5. The first kappa shape index (κ1) is 9.90. The highest BCUT2D eigenvalue weighted by molar-refractivity contribution is 7.85. The molecule has 2 nitrogen and oxygen atoms in total. The van der Waals surface area contributed by atoms with E-state index in [1.54, 1.807) is 0 Å². The van der Waals surface area contributed by atoms with Gasteiger partial charge in [0.25, 0.3) is 0 Å². The van der Waals surface area contributed by atoms with Gasteiger partial charge < -0.3 is 0 Å². The number of unbranched alkanes of at least 4 members (excludes halogenated alkanes) is 1. The normalized spacial score (nSPS) is 26.1. The van der Waals surface area contributed by atoms with E-state index in [0.29, 0.717) is 18.6 Å². The Labute approximate surface area is 76.2 Å². The van der Waals surface area contributed by atoms with Gasteiger partial charge in [0.2, 0.25) is 0 Å². The van der Waals surface area contributed by atoms with E-state index in [2.05, 4.69) is 6.92 Å². The highest BCUT2D eigenvalue weighted by Crippen LogP contribution is 2.20. The van der Waals surface area contributed by atoms with Crippen LogP contribution in [0.2, 0.25) is 0 Å². The lowest BCUT2D eigenvalue weighted by molar-refractivity contribution is -0.117. The summed E-state index contributed by atoms with van der Waals surface area (Å²) in [6.07, 6.45) is 4.19. The molecule has 0 heterocycles. The Morgan fingerprint density at radius 2 is 2.33 bits per heavy atom. The van der Waals surface area contributed by atoms with Crippen LogP contribution in [0.5, 0.6) is 0 Å². The van der Waals surface area contributed by atoms with Gasteiger partial charge in [0.1, 0.15) is 5.78 Å². The van der Waals surface area contributed by atoms with E-state index >= 15 is 0 Å². The van der Waals surface area contributed by atoms with E-state index in [4.69, 9.17) is 0 Å². The van der Waals surface area contributed by atoms with Crippen molar-refractivity contribution >= 4 is 16.6 Å². The molecule has 3 heteroatoms. The first-order chi connectivity index (χ1) is 5.74. The number of hydrogen-bond donors (Lipinski definition) is 0. The van der Waals surface area contributed by atoms with Crippen LogP contribution in [0.1, 0.15) is 39.0 Å². The molecular weight excluding hydrogens is 172 g/mol. The SMILES string of the molecule is CCCCS(=O)C1CCC(=O)C1. The summed E-state index contributed by atoms with van der Waals surface area (Å²) in [7, 11) is -0.737. The van der Waals surface area contributed by atoms with Crippen LogP contribution in [0, 0.1) is 0 Å². The molecule has 1 rings (SSSR count). The van der Waals surface area contributed by atoms with Crippen LogP contribution < -0.4 is 0 Å². The molecule has 0 bridgehead atoms. The van der Waals surface area contributed by atoms with E-state index < -0.39 is 10.8 Å². The standard InChI is InChI=1S/C9H16O2S/c1-2-3-6-12(11)9-5-4-8(10)7-9/h9H,2-7H2,1H3. The molecule has 12 heavy (non-hydrogen) atoms. The van der Waals surface area contributed by atoms with E-state index in [1.165, 1.54) is 0 Å². The molecule has 1 aliphatic rings. The second-order valence-corrected chi connectivity index (χ2v) is 5.18. The van der Waals surface area contributed by atoms with E-state index in [-0.39, 0.29) is 5.25 Å². The Bertz CT molecular complexity index is 189. The van der Waals surface area contributed by atoms with Gasteiger partial charge in [0.15, 0.2) is 0 Å². The van der Waals surface area contributed by atoms with Gasteiger partial charge in [-0.2, -0.15) is 0 Å². The fourth-order valence-electron chi connectivity index (χ4n) is 1.46. The predicted molar refractivity (Wildman–Crippen MR) is 50.6 cm³/mol. The van der Waals surface area contributed by atoms with Crippen molar-refractivity contribution in [2.75, 3.05) is 5.75 Å². The van der Waals surface area contributed by atoms with Gasteiger partial charge >= 0.3 is 0 Å². The molecule has 0 spiro atoms. The fraction of sp³-hybridized carbons (Fsp3) is 0.889. The van der Waals surface area contributed by atoms with Gasteiger partial charge in [0.05, 0.1) is 0 Å². The van der Waals surface area contributed by atoms with Crippen molar-refractivity contribution < 1.29 is 9.00 Å². The summed E-state index contributed by atoms with van der Waals surface area (Å²) >= 11 is 0. The van der Waals surface area contributed by atoms with Crippen molar-refractivity contribution in [3.8, 4) is 0 Å². The zero-order chi connectivity index (χ0) is 8.97. The van der Waals surface area contributed by atoms with E-state index in [1.807, 2.05) is 0 Å². The number of hydrogen-bond acceptors (Lipinski definition) is 2. The first-order valence-corrected chi connectivity index (χ1v) is 6.01. The Morgan fingerprint density at radius 1 is 1.58 bits per heavy atom. The Kier molecular flexibility index (Phi) is 3.92. The summed E-state index contributed by atoms with van der Waals surface area (Å²) in [6, 6.07) is 0. The van der Waals surface area contributed by atoms with Crippen molar-refractivity contribution in [1.29, 1.82) is 0 Å². The van der Waals surface area contributed by atoms with E-state index in [0.717, 1.165) is 25.0 Å². The molecule has 0 aromatic rings. The first-order valence-electron chi connectivity index (χ1n) is 4.63. The fourth-order valence-corrected chi connectivity index (χ4v) is 3.12. The van der Waals surface area contributed by atoms with Gasteiger partial charge in [-0.3, -0.25) is 9.00 Å². The molecule has 1 fully saturated rings. The van der Waals surface area contributed by atoms with Crippen LogP contribution in [0.15, 0.2) is 0 Å². The molecule has 1 saturated carbocycles. The lowest BCUT2D eigenvalue weighted by atomic mass is 10.4. The number of rotatable bonds is 4. The van der Waals surface area contributed by atoms with Gasteiger partial charge in [-0.1, -0.05) is 13.3 Å². The maximum Gasteiger partial charge on any atom is 0.134 e. The lowest BCUT2D eigenvalue weighted by Gasteiger charge is -2.06. The molecule has 0 saturated heterocycles. The topological polar surface area (TPSA) is 34.1 Å². The van der Waals surface area contributed by atoms with E-state index in [9.17, 15) is 9.00 Å². The number of Topliss-reactive ketones (excluding diaryl/α,β-unsaturated/α-hetero) is 1. The quantitative estimate of drug-likeness (QED) is 0.672. The average Bonchev–Trinajstić information content (AvgIpc) is 2.47. The molecule has 0 aromatic carbocycles. The molecule has 0 radical (unpaired) electrons. The van der Waals surface area contributed by atoms with Crippen molar-refractivity contribution in [2.45, 2.75) is 44.3 Å². The van der Waals surface area contributed by atoms with Crippen molar-refractivity contribution in [1.82, 2.24) is 0 Å². The van der Waals surface area contributed by atoms with Crippen molar-refractivity contribution in [3.63, 3.8) is 0 Å². The van der Waals surface area contributed by atoms with Crippen molar-refractivity contribution in [3.05, 3.63) is 0 Å². The van der Waals surface area contributed by atoms with Crippen LogP contribution in [0.25, 0.3) is 0 Å². The number of carbonyl (C=O) groups excluding carboxylic acids is 1. The highest BCUT2D eigenvalue weighted by Gasteiger charge is 2.26. The van der Waals surface area contributed by atoms with Crippen LogP contribution >= 0.6 is 0 Å². The third-order valence-electron chi connectivity index (χ3n) is 2.27. The van der Waals surface area contributed by atoms with Gasteiger partial charge in [0, 0.05) is 34.6 Å². The largest absolute Gasteiger partial charge is 0.300 e. The average molecular weight is 188 g/mol. The zero-order valence-electron chi connectivity index (χ0n) is 7.54. The molecule has 0 aliphatic heterocycles. The Hall–Kier alpha value is -0.180. The molecule has 2 unspecified atom stereocenters. The zero-order valence-corrected chi connectivity index (χ0v) is 8.36. The molecule has 70 valence electrons. The summed E-state index contributed by atoms with van der Waals surface area (Å²) in [6.45, 7) is 2.09. The number of ketones is 1. The summed E-state index contributed by atoms with van der Waals surface area (Å²) in [5.41, 5.74) is 0. The minimum atomic E-state index is -0.737. The second kappa shape index (κ2) is 4.75. The monoisotopic (exact) mass is 188 g/mol. The summed E-state index contributed by atoms with van der Waals surface area (Å²) in [4.78, 5) is 10.9. The van der Waals surface area contributed by atoms with Crippen LogP contribution in [0.4, 0.5) is 0 Å². The van der Waals surface area contributed by atoms with Gasteiger partial charge in [-0.15, -0.1) is 0 Å². The van der Waals surface area contributed by atoms with Crippen LogP contribution in [-0.4, -0.2) is 21.0 Å². The molecule has 0 amide bonds. The lowest BCUT2D eigenvalue weighted by Crippen LogP contribution is -2.14. The molecule has 2 atom stereocenters.